The molecule has 1 aromatic heterocycles. The highest BCUT2D eigenvalue weighted by molar-refractivity contribution is 5.87. The zero-order chi connectivity index (χ0) is 13.3. The van der Waals surface area contributed by atoms with E-state index in [0.29, 0.717) is 12.5 Å². The Balaban J connectivity index is 2.10. The monoisotopic (exact) mass is 252 g/mol. The van der Waals surface area contributed by atoms with Crippen molar-refractivity contribution in [3.05, 3.63) is 12.2 Å². The normalized spacial score (nSPS) is 20.1. The molecule has 1 aromatic rings. The van der Waals surface area contributed by atoms with E-state index in [2.05, 4.69) is 29.1 Å². The molecule has 6 nitrogen and oxygen atoms in total. The minimum absolute atomic E-state index is 0.188. The average Bonchev–Trinajstić information content (AvgIpc) is 2.81. The lowest BCUT2D eigenvalue weighted by molar-refractivity contribution is 0.0445. The fraction of sp³-hybridized carbons (Fsp3) is 0.750. The van der Waals surface area contributed by atoms with Crippen LogP contribution < -0.4 is 0 Å². The van der Waals surface area contributed by atoms with E-state index >= 15 is 0 Å². The van der Waals surface area contributed by atoms with Crippen LogP contribution in [0.4, 0.5) is 0 Å². The summed E-state index contributed by atoms with van der Waals surface area (Å²) >= 11 is 0. The van der Waals surface area contributed by atoms with Crippen LogP contribution in [0.5, 0.6) is 0 Å². The van der Waals surface area contributed by atoms with Gasteiger partial charge < -0.3 is 9.94 Å². The molecule has 18 heavy (non-hydrogen) atoms. The second kappa shape index (κ2) is 4.68. The van der Waals surface area contributed by atoms with Gasteiger partial charge in [-0.3, -0.25) is 0 Å². The van der Waals surface area contributed by atoms with Gasteiger partial charge in [0.25, 0.3) is 0 Å². The van der Waals surface area contributed by atoms with Crippen molar-refractivity contribution < 1.29 is 9.94 Å². The van der Waals surface area contributed by atoms with E-state index in [1.165, 1.54) is 6.33 Å². The maximum Gasteiger partial charge on any atom is 0.191 e. The van der Waals surface area contributed by atoms with Gasteiger partial charge in [-0.25, -0.2) is 9.67 Å². The Hall–Kier alpha value is -1.43. The Labute approximate surface area is 107 Å². The molecule has 2 rings (SSSR count). The van der Waals surface area contributed by atoms with Crippen LogP contribution in [0.1, 0.15) is 46.0 Å². The number of aliphatic hydroxyl groups is 1. The molecule has 0 aliphatic carbocycles. The predicted molar refractivity (Wildman–Crippen MR) is 67.0 cm³/mol. The lowest BCUT2D eigenvalue weighted by Crippen LogP contribution is -2.28. The van der Waals surface area contributed by atoms with E-state index in [-0.39, 0.29) is 6.10 Å². The first kappa shape index (κ1) is 13.0. The maximum atomic E-state index is 9.84. The van der Waals surface area contributed by atoms with Crippen LogP contribution in [0.3, 0.4) is 0 Å². The number of hydrogen-bond donors (Lipinski definition) is 1. The minimum Gasteiger partial charge on any atom is -0.389 e. The van der Waals surface area contributed by atoms with Crippen LogP contribution in [0.25, 0.3) is 0 Å². The maximum absolute atomic E-state index is 9.84. The van der Waals surface area contributed by atoms with Gasteiger partial charge in [-0.05, 0) is 19.8 Å². The largest absolute Gasteiger partial charge is 0.389 e. The molecule has 0 spiro atoms. The van der Waals surface area contributed by atoms with E-state index in [4.69, 9.17) is 4.84 Å². The zero-order valence-electron chi connectivity index (χ0n) is 11.3. The summed E-state index contributed by atoms with van der Waals surface area (Å²) in [5.74, 6) is 1.09. The van der Waals surface area contributed by atoms with E-state index in [9.17, 15) is 5.11 Å². The molecule has 0 saturated carbocycles. The van der Waals surface area contributed by atoms with Gasteiger partial charge in [0, 0.05) is 6.42 Å². The van der Waals surface area contributed by atoms with E-state index in [1.54, 1.807) is 18.5 Å². The summed E-state index contributed by atoms with van der Waals surface area (Å²) in [6.07, 6.45) is 2.03. The molecule has 1 atom stereocenters. The Morgan fingerprint density at radius 2 is 2.28 bits per heavy atom. The van der Waals surface area contributed by atoms with Crippen molar-refractivity contribution in [3.8, 4) is 0 Å². The van der Waals surface area contributed by atoms with Crippen molar-refractivity contribution in [1.82, 2.24) is 14.8 Å². The smallest absolute Gasteiger partial charge is 0.191 e. The molecule has 1 aliphatic rings. The topological polar surface area (TPSA) is 72.5 Å². The Morgan fingerprint density at radius 1 is 1.56 bits per heavy atom. The van der Waals surface area contributed by atoms with E-state index in [0.717, 1.165) is 18.0 Å². The number of hydrogen-bond acceptors (Lipinski definition) is 5. The zero-order valence-corrected chi connectivity index (χ0v) is 11.3. The van der Waals surface area contributed by atoms with Crippen LogP contribution in [0.2, 0.25) is 0 Å². The predicted octanol–water partition coefficient (Wildman–Crippen LogP) is 1.52. The van der Waals surface area contributed by atoms with Gasteiger partial charge in [-0.1, -0.05) is 19.0 Å². The van der Waals surface area contributed by atoms with Crippen molar-refractivity contribution >= 4 is 5.71 Å². The summed E-state index contributed by atoms with van der Waals surface area (Å²) in [4.78, 5) is 9.63. The van der Waals surface area contributed by atoms with Gasteiger partial charge in [0.2, 0.25) is 0 Å². The summed E-state index contributed by atoms with van der Waals surface area (Å²) in [5, 5.41) is 18.1. The molecule has 0 bridgehead atoms. The van der Waals surface area contributed by atoms with Gasteiger partial charge in [0.15, 0.2) is 11.9 Å². The third-order valence-corrected chi connectivity index (χ3v) is 2.83. The first-order valence-electron chi connectivity index (χ1n) is 6.19. The van der Waals surface area contributed by atoms with Crippen LogP contribution in [-0.4, -0.2) is 31.2 Å². The van der Waals surface area contributed by atoms with Crippen LogP contribution >= 0.6 is 0 Å². The molecule has 0 fully saturated rings. The summed E-state index contributed by atoms with van der Waals surface area (Å²) < 4.78 is 1.68. The summed E-state index contributed by atoms with van der Waals surface area (Å²) in [5.41, 5.74) is 0.209. The molecule has 0 saturated heterocycles. The molecule has 1 N–H and O–H groups in total. The highest BCUT2D eigenvalue weighted by atomic mass is 16.6. The summed E-state index contributed by atoms with van der Waals surface area (Å²) in [6, 6.07) is 0. The second-order valence-corrected chi connectivity index (χ2v) is 5.62. The lowest BCUT2D eigenvalue weighted by Gasteiger charge is -2.19. The number of oxime groups is 1. The molecule has 0 amide bonds. The van der Waals surface area contributed by atoms with Crippen molar-refractivity contribution in [1.29, 1.82) is 0 Å². The molecule has 6 heteroatoms. The summed E-state index contributed by atoms with van der Waals surface area (Å²) in [6.45, 7) is 8.05. The van der Waals surface area contributed by atoms with E-state index < -0.39 is 5.60 Å². The van der Waals surface area contributed by atoms with E-state index in [1.807, 2.05) is 0 Å². The fourth-order valence-corrected chi connectivity index (χ4v) is 1.89. The molecular formula is C12H20N4O2. The Morgan fingerprint density at radius 3 is 2.83 bits per heavy atom. The third kappa shape index (κ3) is 2.87. The van der Waals surface area contributed by atoms with Crippen molar-refractivity contribution in [2.75, 3.05) is 0 Å². The quantitative estimate of drug-likeness (QED) is 0.881. The average molecular weight is 252 g/mol. The van der Waals surface area contributed by atoms with Crippen molar-refractivity contribution in [2.45, 2.75) is 52.4 Å². The SMILES string of the molecule is CC(C)C1=NO[C@H](c2ncnn2CC(C)(C)O)C1. The summed E-state index contributed by atoms with van der Waals surface area (Å²) in [7, 11) is 0. The number of nitrogens with zero attached hydrogens (tertiary/aromatic N) is 4. The Bertz CT molecular complexity index is 445. The van der Waals surface area contributed by atoms with Crippen LogP contribution in [-0.2, 0) is 11.4 Å². The molecule has 0 unspecified atom stereocenters. The fourth-order valence-electron chi connectivity index (χ4n) is 1.89. The second-order valence-electron chi connectivity index (χ2n) is 5.62. The highest BCUT2D eigenvalue weighted by Gasteiger charge is 2.29. The first-order chi connectivity index (χ1) is 8.37. The number of rotatable bonds is 4. The van der Waals surface area contributed by atoms with Gasteiger partial charge >= 0.3 is 0 Å². The molecule has 1 aliphatic heterocycles. The molecule has 100 valence electrons. The lowest BCUT2D eigenvalue weighted by atomic mass is 10.0. The van der Waals surface area contributed by atoms with Crippen LogP contribution in [0.15, 0.2) is 11.5 Å². The van der Waals surface area contributed by atoms with Crippen molar-refractivity contribution in [2.24, 2.45) is 11.1 Å². The van der Waals surface area contributed by atoms with Gasteiger partial charge in [-0.2, -0.15) is 5.10 Å². The third-order valence-electron chi connectivity index (χ3n) is 2.83. The van der Waals surface area contributed by atoms with Gasteiger partial charge in [0.05, 0.1) is 17.9 Å². The van der Waals surface area contributed by atoms with Crippen LogP contribution in [0, 0.1) is 5.92 Å². The molecular weight excluding hydrogens is 232 g/mol. The van der Waals surface area contributed by atoms with Gasteiger partial charge in [-0.15, -0.1) is 0 Å². The minimum atomic E-state index is -0.831. The molecule has 0 radical (unpaired) electrons. The molecule has 2 heterocycles. The first-order valence-corrected chi connectivity index (χ1v) is 6.19. The highest BCUT2D eigenvalue weighted by Crippen LogP contribution is 2.28. The number of aromatic nitrogens is 3. The Kier molecular flexibility index (Phi) is 3.38. The van der Waals surface area contributed by atoms with Gasteiger partial charge in [0.1, 0.15) is 6.33 Å². The molecule has 0 aromatic carbocycles. The van der Waals surface area contributed by atoms with Crippen molar-refractivity contribution in [3.63, 3.8) is 0 Å². The standard InChI is InChI=1S/C12H20N4O2/c1-8(2)9-5-10(18-15-9)11-13-7-14-16(11)6-12(3,4)17/h7-8,10,17H,5-6H2,1-4H3/t10-/m0/s1.